The molecule has 0 aliphatic rings. The van der Waals surface area contributed by atoms with Crippen LogP contribution in [0.2, 0.25) is 0 Å². The molecule has 3 aromatic rings. The SMILES string of the molecule is CCCN(CC(=O)N(CCc1ccc(OC)c(OC)c1)Cc1cccs1)C(=O)Nc1ccc(F)cc1F. The van der Waals surface area contributed by atoms with Crippen molar-refractivity contribution in [2.75, 3.05) is 39.2 Å². The van der Waals surface area contributed by atoms with Crippen LogP contribution in [0, 0.1) is 11.6 Å². The first-order chi connectivity index (χ1) is 17.8. The van der Waals surface area contributed by atoms with Gasteiger partial charge in [-0.3, -0.25) is 4.79 Å². The summed E-state index contributed by atoms with van der Waals surface area (Å²) < 4.78 is 38.0. The normalized spacial score (nSPS) is 10.6. The molecule has 0 aliphatic heterocycles. The Bertz CT molecular complexity index is 1190. The maximum atomic E-state index is 14.1. The first-order valence-electron chi connectivity index (χ1n) is 11.9. The molecule has 2 aromatic carbocycles. The number of methoxy groups -OCH3 is 2. The number of thiophene rings is 1. The summed E-state index contributed by atoms with van der Waals surface area (Å²) in [7, 11) is 3.14. The standard InChI is InChI=1S/C27H31F2N3O4S/c1-4-12-32(27(34)30-23-9-8-20(28)16-22(23)29)18-26(33)31(17-21-6-5-14-37-21)13-11-19-7-10-24(35-2)25(15-19)36-3/h5-10,14-16H,4,11-13,17-18H2,1-3H3,(H,30,34). The Labute approximate surface area is 219 Å². The van der Waals surface area contributed by atoms with Crippen molar-refractivity contribution < 1.29 is 27.8 Å². The quantitative estimate of drug-likeness (QED) is 0.332. The summed E-state index contributed by atoms with van der Waals surface area (Å²) in [4.78, 5) is 30.3. The minimum atomic E-state index is -0.884. The molecule has 0 aliphatic carbocycles. The maximum absolute atomic E-state index is 14.1. The fourth-order valence-corrected chi connectivity index (χ4v) is 4.47. The first kappa shape index (κ1) is 27.9. The van der Waals surface area contributed by atoms with Crippen LogP contribution in [0.1, 0.15) is 23.8 Å². The summed E-state index contributed by atoms with van der Waals surface area (Å²) in [5.74, 6) is -0.635. The molecule has 0 unspecified atom stereocenters. The van der Waals surface area contributed by atoms with E-state index in [1.165, 1.54) is 4.90 Å². The minimum Gasteiger partial charge on any atom is -0.493 e. The van der Waals surface area contributed by atoms with Crippen LogP contribution >= 0.6 is 11.3 Å². The van der Waals surface area contributed by atoms with E-state index in [0.29, 0.717) is 50.0 Å². The van der Waals surface area contributed by atoms with E-state index in [2.05, 4.69) is 5.32 Å². The highest BCUT2D eigenvalue weighted by molar-refractivity contribution is 7.09. The highest BCUT2D eigenvalue weighted by Gasteiger charge is 2.22. The van der Waals surface area contributed by atoms with Crippen molar-refractivity contribution in [2.24, 2.45) is 0 Å². The Morgan fingerprint density at radius 1 is 0.973 bits per heavy atom. The van der Waals surface area contributed by atoms with Crippen LogP contribution in [0.25, 0.3) is 0 Å². The second-order valence-electron chi connectivity index (χ2n) is 8.31. The summed E-state index contributed by atoms with van der Waals surface area (Å²) in [5, 5.41) is 4.39. The molecule has 0 radical (unpaired) electrons. The van der Waals surface area contributed by atoms with Gasteiger partial charge in [0.1, 0.15) is 18.2 Å². The monoisotopic (exact) mass is 531 g/mol. The Morgan fingerprint density at radius 2 is 1.76 bits per heavy atom. The predicted molar refractivity (Wildman–Crippen MR) is 140 cm³/mol. The van der Waals surface area contributed by atoms with Crippen LogP contribution < -0.4 is 14.8 Å². The zero-order valence-electron chi connectivity index (χ0n) is 21.1. The average Bonchev–Trinajstić information content (AvgIpc) is 3.40. The number of ether oxygens (including phenoxy) is 2. The van der Waals surface area contributed by atoms with Crippen molar-refractivity contribution >= 4 is 29.0 Å². The highest BCUT2D eigenvalue weighted by atomic mass is 32.1. The van der Waals surface area contributed by atoms with Gasteiger partial charge < -0.3 is 24.6 Å². The van der Waals surface area contributed by atoms with Gasteiger partial charge >= 0.3 is 6.03 Å². The summed E-state index contributed by atoms with van der Waals surface area (Å²) >= 11 is 1.55. The zero-order chi connectivity index (χ0) is 26.8. The molecule has 3 rings (SSSR count). The zero-order valence-corrected chi connectivity index (χ0v) is 21.9. The van der Waals surface area contributed by atoms with Crippen molar-refractivity contribution in [2.45, 2.75) is 26.3 Å². The smallest absolute Gasteiger partial charge is 0.322 e. The Balaban J connectivity index is 1.73. The lowest BCUT2D eigenvalue weighted by molar-refractivity contribution is -0.132. The summed E-state index contributed by atoms with van der Waals surface area (Å²) in [6.07, 6.45) is 1.17. The van der Waals surface area contributed by atoms with Crippen LogP contribution in [0.15, 0.2) is 53.9 Å². The number of hydrogen-bond acceptors (Lipinski definition) is 5. The van der Waals surface area contributed by atoms with Gasteiger partial charge in [0.05, 0.1) is 26.5 Å². The minimum absolute atomic E-state index is 0.149. The third-order valence-electron chi connectivity index (χ3n) is 5.68. The van der Waals surface area contributed by atoms with Crippen molar-refractivity contribution in [3.63, 3.8) is 0 Å². The number of benzene rings is 2. The fraction of sp³-hybridized carbons (Fsp3) is 0.333. The topological polar surface area (TPSA) is 71.1 Å². The number of amides is 3. The third-order valence-corrected chi connectivity index (χ3v) is 6.54. The Hall–Kier alpha value is -3.66. The number of carbonyl (C=O) groups is 2. The molecular formula is C27H31F2N3O4S. The maximum Gasteiger partial charge on any atom is 0.322 e. The van der Waals surface area contributed by atoms with Gasteiger partial charge in [-0.1, -0.05) is 19.1 Å². The van der Waals surface area contributed by atoms with Gasteiger partial charge in [0, 0.05) is 24.0 Å². The summed E-state index contributed by atoms with van der Waals surface area (Å²) in [5.41, 5.74) is 0.820. The molecule has 0 atom stereocenters. The van der Waals surface area contributed by atoms with Crippen LogP contribution in [-0.2, 0) is 17.8 Å². The molecule has 0 saturated carbocycles. The Morgan fingerprint density at radius 3 is 2.41 bits per heavy atom. The number of carbonyl (C=O) groups excluding carboxylic acids is 2. The number of halogens is 2. The molecule has 0 fully saturated rings. The van der Waals surface area contributed by atoms with E-state index >= 15 is 0 Å². The predicted octanol–water partition coefficient (Wildman–Crippen LogP) is 5.56. The van der Waals surface area contributed by atoms with Crippen molar-refractivity contribution in [1.29, 1.82) is 0 Å². The number of rotatable bonds is 12. The molecule has 1 heterocycles. The van der Waals surface area contributed by atoms with Crippen molar-refractivity contribution in [3.8, 4) is 11.5 Å². The van der Waals surface area contributed by atoms with E-state index in [1.54, 1.807) is 30.5 Å². The van der Waals surface area contributed by atoms with Gasteiger partial charge in [0.25, 0.3) is 0 Å². The van der Waals surface area contributed by atoms with Crippen molar-refractivity contribution in [1.82, 2.24) is 9.80 Å². The number of urea groups is 1. The molecule has 1 aromatic heterocycles. The molecule has 10 heteroatoms. The summed E-state index contributed by atoms with van der Waals surface area (Å²) in [6.45, 7) is 2.81. The van der Waals surface area contributed by atoms with Crippen LogP contribution in [0.5, 0.6) is 11.5 Å². The van der Waals surface area contributed by atoms with E-state index in [4.69, 9.17) is 9.47 Å². The highest BCUT2D eigenvalue weighted by Crippen LogP contribution is 2.28. The van der Waals surface area contributed by atoms with Crippen LogP contribution in [0.3, 0.4) is 0 Å². The van der Waals surface area contributed by atoms with E-state index in [0.717, 1.165) is 22.6 Å². The van der Waals surface area contributed by atoms with Gasteiger partial charge in [-0.25, -0.2) is 13.6 Å². The van der Waals surface area contributed by atoms with Crippen molar-refractivity contribution in [3.05, 3.63) is 76.0 Å². The average molecular weight is 532 g/mol. The van der Waals surface area contributed by atoms with Gasteiger partial charge in [0.15, 0.2) is 11.5 Å². The molecule has 0 bridgehead atoms. The molecule has 37 heavy (non-hydrogen) atoms. The molecule has 0 spiro atoms. The second-order valence-corrected chi connectivity index (χ2v) is 9.34. The van der Waals surface area contributed by atoms with E-state index in [9.17, 15) is 18.4 Å². The second kappa shape index (κ2) is 13.6. The number of nitrogens with zero attached hydrogens (tertiary/aromatic N) is 2. The number of hydrogen-bond donors (Lipinski definition) is 1. The number of nitrogens with one attached hydrogen (secondary N) is 1. The molecule has 198 valence electrons. The molecule has 1 N–H and O–H groups in total. The molecular weight excluding hydrogens is 500 g/mol. The lowest BCUT2D eigenvalue weighted by atomic mass is 10.1. The summed E-state index contributed by atoms with van der Waals surface area (Å²) in [6, 6.07) is 11.8. The largest absolute Gasteiger partial charge is 0.493 e. The van der Waals surface area contributed by atoms with E-state index < -0.39 is 17.7 Å². The van der Waals surface area contributed by atoms with Gasteiger partial charge in [-0.15, -0.1) is 11.3 Å². The Kier molecular flexibility index (Phi) is 10.3. The molecule has 3 amide bonds. The lowest BCUT2D eigenvalue weighted by Gasteiger charge is -2.27. The van der Waals surface area contributed by atoms with Crippen LogP contribution in [0.4, 0.5) is 19.3 Å². The van der Waals surface area contributed by atoms with Gasteiger partial charge in [-0.05, 0) is 54.1 Å². The first-order valence-corrected chi connectivity index (χ1v) is 12.7. The molecule has 0 saturated heterocycles. The number of anilines is 1. The van der Waals surface area contributed by atoms with Gasteiger partial charge in [0.2, 0.25) is 5.91 Å². The van der Waals surface area contributed by atoms with E-state index in [1.807, 2.05) is 42.6 Å². The third kappa shape index (κ3) is 7.91. The molecule has 7 nitrogen and oxygen atoms in total. The van der Waals surface area contributed by atoms with Crippen LogP contribution in [-0.4, -0.2) is 55.6 Å². The van der Waals surface area contributed by atoms with Gasteiger partial charge in [-0.2, -0.15) is 0 Å². The fourth-order valence-electron chi connectivity index (χ4n) is 3.75. The lowest BCUT2D eigenvalue weighted by Crippen LogP contribution is -2.45. The van der Waals surface area contributed by atoms with E-state index in [-0.39, 0.29) is 18.1 Å².